The third-order valence-electron chi connectivity index (χ3n) is 3.55. The van der Waals surface area contributed by atoms with Crippen LogP contribution in [-0.2, 0) is 9.53 Å². The van der Waals surface area contributed by atoms with Crippen LogP contribution in [0.3, 0.4) is 0 Å². The Balaban J connectivity index is 3.08. The second kappa shape index (κ2) is 5.04. The van der Waals surface area contributed by atoms with Gasteiger partial charge in [-0.25, -0.2) is 4.79 Å². The van der Waals surface area contributed by atoms with Gasteiger partial charge >= 0.3 is 5.97 Å². The van der Waals surface area contributed by atoms with E-state index in [1.54, 1.807) is 0 Å². The van der Waals surface area contributed by atoms with Crippen molar-refractivity contribution in [1.29, 1.82) is 0 Å². The fourth-order valence-electron chi connectivity index (χ4n) is 2.27. The summed E-state index contributed by atoms with van der Waals surface area (Å²) in [5.41, 5.74) is 0. The second-order valence-electron chi connectivity index (χ2n) is 5.20. The molecule has 0 amide bonds. The molecule has 0 aromatic rings. The summed E-state index contributed by atoms with van der Waals surface area (Å²) >= 11 is 0. The van der Waals surface area contributed by atoms with E-state index in [1.807, 2.05) is 26.2 Å². The molecule has 0 bridgehead atoms. The van der Waals surface area contributed by atoms with Gasteiger partial charge in [0.15, 0.2) is 11.9 Å². The molecule has 1 rings (SSSR count). The Kier molecular flexibility index (Phi) is 4.26. The molecule has 0 fully saturated rings. The highest BCUT2D eigenvalue weighted by Crippen LogP contribution is 2.30. The van der Waals surface area contributed by atoms with Crippen molar-refractivity contribution >= 4 is 23.6 Å². The number of hydrogen-bond donors (Lipinski definition) is 4. The van der Waals surface area contributed by atoms with E-state index in [-0.39, 0.29) is 0 Å². The zero-order valence-corrected chi connectivity index (χ0v) is 13.2. The minimum atomic E-state index is -1.68. The lowest BCUT2D eigenvalue weighted by molar-refractivity contribution is -0.150. The summed E-state index contributed by atoms with van der Waals surface area (Å²) in [6.07, 6.45) is -2.77. The molecule has 0 aromatic carbocycles. The molecule has 0 aliphatic carbocycles. The predicted molar refractivity (Wildman–Crippen MR) is 70.9 cm³/mol. The summed E-state index contributed by atoms with van der Waals surface area (Å²) in [4.78, 5) is 9.83. The Morgan fingerprint density at radius 1 is 1.22 bits per heavy atom. The molecule has 1 aliphatic heterocycles. The van der Waals surface area contributed by atoms with E-state index in [4.69, 9.17) is 4.74 Å². The number of cyclic esters (lactones) is 1. The predicted octanol–water partition coefficient (Wildman–Crippen LogP) is -0.617. The van der Waals surface area contributed by atoms with Crippen LogP contribution in [0.2, 0.25) is 26.2 Å². The molecule has 8 heteroatoms. The molecule has 2 atom stereocenters. The van der Waals surface area contributed by atoms with Crippen molar-refractivity contribution in [3.05, 3.63) is 11.5 Å². The summed E-state index contributed by atoms with van der Waals surface area (Å²) in [6, 6.07) is 0. The van der Waals surface area contributed by atoms with Gasteiger partial charge in [-0.05, 0) is 0 Å². The second-order valence-corrected chi connectivity index (χ2v) is 12.3. The van der Waals surface area contributed by atoms with E-state index in [2.05, 4.69) is 0 Å². The maximum absolute atomic E-state index is 11.1. The van der Waals surface area contributed by atoms with Crippen molar-refractivity contribution in [3.8, 4) is 0 Å². The van der Waals surface area contributed by atoms with Crippen LogP contribution in [0.4, 0.5) is 0 Å². The van der Waals surface area contributed by atoms with Gasteiger partial charge < -0.3 is 25.2 Å². The van der Waals surface area contributed by atoms with E-state index in [9.17, 15) is 25.2 Å². The summed E-state index contributed by atoms with van der Waals surface area (Å²) in [6.45, 7) is 7.53. The SMILES string of the molecule is C[SiH](C)C(O)([C@H](O)[C@H]1OC(=O)C(O)=C1O)[SiH](C)C. The normalized spacial score (nSPS) is 22.9. The highest BCUT2D eigenvalue weighted by molar-refractivity contribution is 6.80. The van der Waals surface area contributed by atoms with E-state index >= 15 is 0 Å². The zero-order valence-electron chi connectivity index (χ0n) is 10.9. The average Bonchev–Trinajstić information content (AvgIpc) is 2.54. The molecule has 104 valence electrons. The van der Waals surface area contributed by atoms with Crippen LogP contribution in [0.15, 0.2) is 11.5 Å². The Hall–Kier alpha value is -0.836. The van der Waals surface area contributed by atoms with Crippen LogP contribution >= 0.6 is 0 Å². The van der Waals surface area contributed by atoms with Crippen LogP contribution in [0.1, 0.15) is 0 Å². The first-order valence-corrected chi connectivity index (χ1v) is 11.6. The van der Waals surface area contributed by atoms with Gasteiger partial charge in [0.1, 0.15) is 6.10 Å². The fourth-order valence-corrected chi connectivity index (χ4v) is 9.32. The maximum atomic E-state index is 11.1. The zero-order chi connectivity index (χ0) is 14.2. The molecule has 1 heterocycles. The number of carbonyl (C=O) groups excluding carboxylic acids is 1. The van der Waals surface area contributed by atoms with Crippen LogP contribution in [-0.4, -0.2) is 61.0 Å². The Bertz CT molecular complexity index is 371. The molecular formula is C10H20O6Si2. The van der Waals surface area contributed by atoms with Crippen molar-refractivity contribution in [3.63, 3.8) is 0 Å². The third kappa shape index (κ3) is 2.20. The van der Waals surface area contributed by atoms with E-state index in [0.29, 0.717) is 0 Å². The van der Waals surface area contributed by atoms with Gasteiger partial charge in [0.2, 0.25) is 5.76 Å². The first-order chi connectivity index (χ1) is 8.13. The number of ether oxygens (including phenoxy) is 1. The van der Waals surface area contributed by atoms with Crippen LogP contribution < -0.4 is 0 Å². The highest BCUT2D eigenvalue weighted by Gasteiger charge is 2.52. The van der Waals surface area contributed by atoms with Gasteiger partial charge in [0.25, 0.3) is 0 Å². The molecule has 0 radical (unpaired) electrons. The molecule has 18 heavy (non-hydrogen) atoms. The first kappa shape index (κ1) is 15.2. The number of rotatable bonds is 4. The molecule has 4 N–H and O–H groups in total. The van der Waals surface area contributed by atoms with Crippen molar-refractivity contribution in [2.75, 3.05) is 0 Å². The smallest absolute Gasteiger partial charge is 0.377 e. The summed E-state index contributed by atoms with van der Waals surface area (Å²) < 4.78 is 4.72. The van der Waals surface area contributed by atoms with E-state index in [0.717, 1.165) is 0 Å². The standard InChI is InChI=1S/C10H20O6Si2/c1-17(2)10(15,18(3)4)8(13)7-5(11)6(12)9(14)16-7/h7-8,11-13,15,17-18H,1-4H3/t7-,8+/m0/s1. The van der Waals surface area contributed by atoms with Gasteiger partial charge in [0.05, 0.1) is 22.4 Å². The van der Waals surface area contributed by atoms with Crippen molar-refractivity contribution in [1.82, 2.24) is 0 Å². The minimum absolute atomic E-state index is 0.699. The number of aliphatic hydroxyl groups is 4. The fraction of sp³-hybridized carbons (Fsp3) is 0.700. The van der Waals surface area contributed by atoms with Gasteiger partial charge in [-0.2, -0.15) is 0 Å². The van der Waals surface area contributed by atoms with Crippen LogP contribution in [0.5, 0.6) is 0 Å². The molecule has 6 nitrogen and oxygen atoms in total. The molecule has 0 unspecified atom stereocenters. The largest absolute Gasteiger partial charge is 0.505 e. The summed E-state index contributed by atoms with van der Waals surface area (Å²) in [5, 5.41) is 39.7. The number of aliphatic hydroxyl groups excluding tert-OH is 3. The van der Waals surface area contributed by atoms with E-state index in [1.165, 1.54) is 0 Å². The van der Waals surface area contributed by atoms with Crippen LogP contribution in [0.25, 0.3) is 0 Å². The Labute approximate surface area is 109 Å². The molecular weight excluding hydrogens is 272 g/mol. The molecule has 0 saturated heterocycles. The molecule has 1 aliphatic rings. The van der Waals surface area contributed by atoms with Gasteiger partial charge in [0, 0.05) is 0 Å². The summed E-state index contributed by atoms with van der Waals surface area (Å²) in [5.74, 6) is -2.66. The lowest BCUT2D eigenvalue weighted by Crippen LogP contribution is -2.64. The van der Waals surface area contributed by atoms with Gasteiger partial charge in [-0.3, -0.25) is 0 Å². The molecule has 0 spiro atoms. The monoisotopic (exact) mass is 292 g/mol. The van der Waals surface area contributed by atoms with Crippen molar-refractivity contribution in [2.45, 2.75) is 43.2 Å². The first-order valence-electron chi connectivity index (χ1n) is 5.87. The van der Waals surface area contributed by atoms with Gasteiger partial charge in [-0.1, -0.05) is 26.2 Å². The topological polar surface area (TPSA) is 107 Å². The average molecular weight is 292 g/mol. The lowest BCUT2D eigenvalue weighted by Gasteiger charge is -2.40. The lowest BCUT2D eigenvalue weighted by atomic mass is 10.2. The molecule has 0 saturated carbocycles. The molecule has 0 aromatic heterocycles. The number of esters is 1. The van der Waals surface area contributed by atoms with Crippen molar-refractivity contribution < 1.29 is 30.0 Å². The van der Waals surface area contributed by atoms with Crippen LogP contribution in [0, 0.1) is 0 Å². The number of hydrogen-bond acceptors (Lipinski definition) is 6. The highest BCUT2D eigenvalue weighted by atomic mass is 28.3. The van der Waals surface area contributed by atoms with E-state index < -0.39 is 52.1 Å². The third-order valence-corrected chi connectivity index (χ3v) is 11.9. The van der Waals surface area contributed by atoms with Gasteiger partial charge in [-0.15, -0.1) is 0 Å². The summed E-state index contributed by atoms with van der Waals surface area (Å²) in [7, 11) is -3.36. The quantitative estimate of drug-likeness (QED) is 0.406. The Morgan fingerprint density at radius 2 is 1.67 bits per heavy atom. The minimum Gasteiger partial charge on any atom is -0.505 e. The maximum Gasteiger partial charge on any atom is 0.377 e. The van der Waals surface area contributed by atoms with Crippen molar-refractivity contribution in [2.24, 2.45) is 0 Å². The Morgan fingerprint density at radius 3 is 1.94 bits per heavy atom. The number of carbonyl (C=O) groups is 1.